The first-order valence-corrected chi connectivity index (χ1v) is 11.8. The molecule has 2 N–H and O–H groups in total. The zero-order valence-electron chi connectivity index (χ0n) is 17.6. The number of halogens is 1. The highest BCUT2D eigenvalue weighted by Crippen LogP contribution is 2.20. The summed E-state index contributed by atoms with van der Waals surface area (Å²) >= 11 is 0. The van der Waals surface area contributed by atoms with Crippen LogP contribution in [0.1, 0.15) is 28.8 Å². The van der Waals surface area contributed by atoms with Crippen LogP contribution in [0, 0.1) is 5.82 Å². The summed E-state index contributed by atoms with van der Waals surface area (Å²) in [5.74, 6) is -0.725. The number of hydrogen-bond acceptors (Lipinski definition) is 4. The fourth-order valence-electron chi connectivity index (χ4n) is 3.56. The Balaban J connectivity index is 1.41. The van der Waals surface area contributed by atoms with Crippen molar-refractivity contribution in [1.29, 1.82) is 0 Å². The SMILES string of the molecule is O=C(Nc1cccc(CN2CCCC2=O)c1)c1ccc(S(=O)(=O)Nc2ccc(F)cc2)cc1. The highest BCUT2D eigenvalue weighted by molar-refractivity contribution is 7.92. The molecule has 33 heavy (non-hydrogen) atoms. The Labute approximate surface area is 191 Å². The van der Waals surface area contributed by atoms with E-state index in [9.17, 15) is 22.4 Å². The molecule has 3 aromatic carbocycles. The number of carbonyl (C=O) groups excluding carboxylic acids is 2. The molecule has 2 amide bonds. The molecule has 7 nitrogen and oxygen atoms in total. The number of hydrogen-bond donors (Lipinski definition) is 2. The van der Waals surface area contributed by atoms with E-state index in [1.807, 2.05) is 18.2 Å². The third-order valence-corrected chi connectivity index (χ3v) is 6.65. The average molecular weight is 468 g/mol. The Morgan fingerprint density at radius 1 is 0.970 bits per heavy atom. The summed E-state index contributed by atoms with van der Waals surface area (Å²) in [5, 5.41) is 2.80. The highest BCUT2D eigenvalue weighted by atomic mass is 32.2. The van der Waals surface area contributed by atoms with Crippen LogP contribution in [0.2, 0.25) is 0 Å². The van der Waals surface area contributed by atoms with Crippen LogP contribution in [-0.2, 0) is 21.4 Å². The number of sulfonamides is 1. The van der Waals surface area contributed by atoms with Crippen LogP contribution in [0.3, 0.4) is 0 Å². The number of nitrogens with one attached hydrogen (secondary N) is 2. The fourth-order valence-corrected chi connectivity index (χ4v) is 4.62. The highest BCUT2D eigenvalue weighted by Gasteiger charge is 2.20. The molecule has 9 heteroatoms. The normalized spacial score (nSPS) is 13.7. The number of carbonyl (C=O) groups is 2. The molecule has 0 unspecified atom stereocenters. The van der Waals surface area contributed by atoms with E-state index >= 15 is 0 Å². The monoisotopic (exact) mass is 467 g/mol. The van der Waals surface area contributed by atoms with Gasteiger partial charge in [-0.1, -0.05) is 12.1 Å². The molecule has 0 spiro atoms. The van der Waals surface area contributed by atoms with Crippen molar-refractivity contribution in [3.05, 3.63) is 89.7 Å². The first-order valence-electron chi connectivity index (χ1n) is 10.4. The lowest BCUT2D eigenvalue weighted by Crippen LogP contribution is -2.23. The Morgan fingerprint density at radius 3 is 2.36 bits per heavy atom. The predicted octanol–water partition coefficient (Wildman–Crippen LogP) is 4.00. The van der Waals surface area contributed by atoms with E-state index in [2.05, 4.69) is 10.0 Å². The molecule has 0 saturated carbocycles. The van der Waals surface area contributed by atoms with Gasteiger partial charge in [0.2, 0.25) is 5.91 Å². The number of rotatable bonds is 7. The first-order chi connectivity index (χ1) is 15.8. The van der Waals surface area contributed by atoms with Gasteiger partial charge < -0.3 is 10.2 Å². The number of amides is 2. The maximum absolute atomic E-state index is 13.0. The topological polar surface area (TPSA) is 95.6 Å². The van der Waals surface area contributed by atoms with Gasteiger partial charge in [0.25, 0.3) is 15.9 Å². The smallest absolute Gasteiger partial charge is 0.261 e. The van der Waals surface area contributed by atoms with Gasteiger partial charge in [-0.2, -0.15) is 0 Å². The van der Waals surface area contributed by atoms with E-state index in [0.29, 0.717) is 18.7 Å². The van der Waals surface area contributed by atoms with Crippen molar-refractivity contribution >= 4 is 33.2 Å². The third-order valence-electron chi connectivity index (χ3n) is 5.25. The molecule has 4 rings (SSSR count). The molecule has 0 atom stereocenters. The lowest BCUT2D eigenvalue weighted by Gasteiger charge is -2.16. The number of likely N-dealkylation sites (tertiary alicyclic amines) is 1. The molecule has 3 aromatic rings. The summed E-state index contributed by atoms with van der Waals surface area (Å²) in [6.45, 7) is 1.23. The van der Waals surface area contributed by atoms with Crippen molar-refractivity contribution in [2.24, 2.45) is 0 Å². The number of benzene rings is 3. The first kappa shape index (κ1) is 22.5. The molecule has 1 fully saturated rings. The van der Waals surface area contributed by atoms with Gasteiger partial charge in [-0.3, -0.25) is 14.3 Å². The molecular weight excluding hydrogens is 445 g/mol. The van der Waals surface area contributed by atoms with Gasteiger partial charge >= 0.3 is 0 Å². The molecule has 1 aliphatic heterocycles. The van der Waals surface area contributed by atoms with E-state index in [-0.39, 0.29) is 28.0 Å². The van der Waals surface area contributed by atoms with Crippen LogP contribution in [0.5, 0.6) is 0 Å². The second-order valence-corrected chi connectivity index (χ2v) is 9.39. The second kappa shape index (κ2) is 9.41. The fraction of sp³-hybridized carbons (Fsp3) is 0.167. The van der Waals surface area contributed by atoms with E-state index in [0.717, 1.165) is 30.7 Å². The summed E-state index contributed by atoms with van der Waals surface area (Å²) in [7, 11) is -3.89. The van der Waals surface area contributed by atoms with Crippen LogP contribution in [-0.4, -0.2) is 31.7 Å². The van der Waals surface area contributed by atoms with E-state index in [1.165, 1.54) is 36.4 Å². The van der Waals surface area contributed by atoms with Crippen LogP contribution >= 0.6 is 0 Å². The van der Waals surface area contributed by atoms with Crippen molar-refractivity contribution in [1.82, 2.24) is 4.90 Å². The molecule has 1 saturated heterocycles. The van der Waals surface area contributed by atoms with Gasteiger partial charge in [-0.15, -0.1) is 0 Å². The second-order valence-electron chi connectivity index (χ2n) is 7.71. The standard InChI is InChI=1S/C24H22FN3O4S/c25-19-8-10-20(11-9-19)27-33(31,32)22-12-6-18(7-13-22)24(30)26-21-4-1-3-17(15-21)16-28-14-2-5-23(28)29/h1,3-4,6-13,15,27H,2,5,14,16H2,(H,26,30). The Morgan fingerprint density at radius 2 is 1.70 bits per heavy atom. The van der Waals surface area contributed by atoms with Gasteiger partial charge in [-0.25, -0.2) is 12.8 Å². The molecule has 0 aromatic heterocycles. The lowest BCUT2D eigenvalue weighted by molar-refractivity contribution is -0.128. The van der Waals surface area contributed by atoms with Crippen molar-refractivity contribution < 1.29 is 22.4 Å². The third kappa shape index (κ3) is 5.56. The average Bonchev–Trinajstić information content (AvgIpc) is 3.20. The Hall–Kier alpha value is -3.72. The predicted molar refractivity (Wildman–Crippen MR) is 123 cm³/mol. The van der Waals surface area contributed by atoms with Crippen molar-refractivity contribution in [2.45, 2.75) is 24.3 Å². The van der Waals surface area contributed by atoms with Gasteiger partial charge in [-0.05, 0) is 72.6 Å². The minimum atomic E-state index is -3.89. The molecular formula is C24H22FN3O4S. The minimum Gasteiger partial charge on any atom is -0.338 e. The lowest BCUT2D eigenvalue weighted by atomic mass is 10.1. The quantitative estimate of drug-likeness (QED) is 0.549. The van der Waals surface area contributed by atoms with E-state index in [4.69, 9.17) is 0 Å². The van der Waals surface area contributed by atoms with Crippen LogP contribution in [0.4, 0.5) is 15.8 Å². The van der Waals surface area contributed by atoms with Crippen molar-refractivity contribution in [3.63, 3.8) is 0 Å². The summed E-state index contributed by atoms with van der Waals surface area (Å²) in [6, 6.07) is 17.7. The maximum atomic E-state index is 13.0. The van der Waals surface area contributed by atoms with E-state index < -0.39 is 15.8 Å². The largest absolute Gasteiger partial charge is 0.338 e. The Kier molecular flexibility index (Phi) is 6.41. The van der Waals surface area contributed by atoms with Crippen LogP contribution in [0.25, 0.3) is 0 Å². The number of nitrogens with zero attached hydrogens (tertiary/aromatic N) is 1. The zero-order chi connectivity index (χ0) is 23.4. The molecule has 170 valence electrons. The molecule has 1 heterocycles. The van der Waals surface area contributed by atoms with Crippen LogP contribution in [0.15, 0.2) is 77.7 Å². The zero-order valence-corrected chi connectivity index (χ0v) is 18.4. The summed E-state index contributed by atoms with van der Waals surface area (Å²) in [5.41, 5.74) is 2.01. The molecule has 0 bridgehead atoms. The van der Waals surface area contributed by atoms with Gasteiger partial charge in [0.1, 0.15) is 5.82 Å². The van der Waals surface area contributed by atoms with Gasteiger partial charge in [0.15, 0.2) is 0 Å². The minimum absolute atomic E-state index is 0.0272. The molecule has 1 aliphatic rings. The van der Waals surface area contributed by atoms with Crippen molar-refractivity contribution in [2.75, 3.05) is 16.6 Å². The molecule has 0 aliphatic carbocycles. The summed E-state index contributed by atoms with van der Waals surface area (Å²) < 4.78 is 40.4. The maximum Gasteiger partial charge on any atom is 0.261 e. The van der Waals surface area contributed by atoms with Gasteiger partial charge in [0, 0.05) is 36.4 Å². The summed E-state index contributed by atoms with van der Waals surface area (Å²) in [4.78, 5) is 26.2. The van der Waals surface area contributed by atoms with E-state index in [1.54, 1.807) is 11.0 Å². The van der Waals surface area contributed by atoms with Crippen LogP contribution < -0.4 is 10.0 Å². The Bertz CT molecular complexity index is 1280. The van der Waals surface area contributed by atoms with Crippen molar-refractivity contribution in [3.8, 4) is 0 Å². The summed E-state index contributed by atoms with van der Waals surface area (Å²) in [6.07, 6.45) is 1.43. The number of anilines is 2. The van der Waals surface area contributed by atoms with Gasteiger partial charge in [0.05, 0.1) is 4.90 Å². The molecule has 0 radical (unpaired) electrons.